The number of nitrogens with zero attached hydrogens (tertiary/aromatic N) is 3. The van der Waals surface area contributed by atoms with E-state index in [9.17, 15) is 0 Å². The largest absolute Gasteiger partial charge is 0.312 e. The molecule has 2 aromatic heterocycles. The lowest BCUT2D eigenvalue weighted by Gasteiger charge is -2.23. The molecule has 4 nitrogen and oxygen atoms in total. The zero-order valence-electron chi connectivity index (χ0n) is 18.1. The number of hydrogen-bond acceptors (Lipinski definition) is 2. The van der Waals surface area contributed by atoms with Crippen molar-refractivity contribution in [2.24, 2.45) is 0 Å². The first-order valence-electron chi connectivity index (χ1n) is 11.1. The van der Waals surface area contributed by atoms with Crippen LogP contribution in [0.5, 0.6) is 0 Å². The van der Waals surface area contributed by atoms with Crippen LogP contribution >= 0.6 is 24.8 Å². The summed E-state index contributed by atoms with van der Waals surface area (Å²) in [6.45, 7) is 4.12. The molecule has 0 amide bonds. The van der Waals surface area contributed by atoms with E-state index < -0.39 is 0 Å². The molecule has 1 N–H and O–H groups in total. The van der Waals surface area contributed by atoms with Gasteiger partial charge in [0.15, 0.2) is 0 Å². The van der Waals surface area contributed by atoms with Gasteiger partial charge >= 0.3 is 0 Å². The maximum absolute atomic E-state index is 4.96. The molecular formula is C25H32Cl2N4. The molecule has 0 aliphatic heterocycles. The maximum Gasteiger partial charge on any atom is 0.215 e. The van der Waals surface area contributed by atoms with Crippen LogP contribution in [0.2, 0.25) is 0 Å². The summed E-state index contributed by atoms with van der Waals surface area (Å²) < 4.78 is 4.63. The van der Waals surface area contributed by atoms with E-state index in [0.29, 0.717) is 6.04 Å². The van der Waals surface area contributed by atoms with Crippen LogP contribution in [0.1, 0.15) is 44.6 Å². The van der Waals surface area contributed by atoms with Crippen LogP contribution in [-0.2, 0) is 13.0 Å². The Bertz CT molecular complexity index is 1110. The molecule has 1 fully saturated rings. The highest BCUT2D eigenvalue weighted by Gasteiger charge is 2.17. The summed E-state index contributed by atoms with van der Waals surface area (Å²) >= 11 is 0. The van der Waals surface area contributed by atoms with Crippen molar-refractivity contribution in [1.82, 2.24) is 19.3 Å². The fraction of sp³-hybridized carbons (Fsp3) is 0.400. The van der Waals surface area contributed by atoms with Crippen molar-refractivity contribution in [3.05, 3.63) is 60.3 Å². The molecule has 0 spiro atoms. The van der Waals surface area contributed by atoms with Gasteiger partial charge in [-0.3, -0.25) is 4.40 Å². The number of para-hydroxylation sites is 2. The maximum atomic E-state index is 4.96. The van der Waals surface area contributed by atoms with Crippen molar-refractivity contribution >= 4 is 41.6 Å². The van der Waals surface area contributed by atoms with Gasteiger partial charge < -0.3 is 9.88 Å². The molecule has 0 unspecified atom stereocenters. The van der Waals surface area contributed by atoms with Crippen molar-refractivity contribution in [2.75, 3.05) is 6.54 Å². The second-order valence-electron chi connectivity index (χ2n) is 8.28. The topological polar surface area (TPSA) is 34.3 Å². The number of imidazole rings is 2. The molecule has 0 saturated heterocycles. The van der Waals surface area contributed by atoms with Crippen molar-refractivity contribution in [2.45, 2.75) is 58.0 Å². The Balaban J connectivity index is 0.00000136. The monoisotopic (exact) mass is 458 g/mol. The van der Waals surface area contributed by atoms with Gasteiger partial charge in [0.1, 0.15) is 0 Å². The summed E-state index contributed by atoms with van der Waals surface area (Å²) in [7, 11) is 0. The molecule has 1 aliphatic rings. The fourth-order valence-electron chi connectivity index (χ4n) is 4.70. The van der Waals surface area contributed by atoms with Gasteiger partial charge in [0.05, 0.1) is 16.7 Å². The van der Waals surface area contributed by atoms with E-state index in [4.69, 9.17) is 4.98 Å². The standard InChI is InChI=1S/C25H30N4.2ClH/c1-2-19-12-14-20(15-13-19)24-18-29-23-11-7-6-10-22(23)27-25(29)28(24)17-16-26-21-8-4-3-5-9-21;;/h6-7,10-15,18,21,26H,2-5,8-9,16-17H2,1H3;2*1H. The molecule has 166 valence electrons. The molecule has 4 aromatic rings. The minimum absolute atomic E-state index is 0. The van der Waals surface area contributed by atoms with E-state index in [1.165, 1.54) is 54.4 Å². The Morgan fingerprint density at radius 3 is 2.45 bits per heavy atom. The van der Waals surface area contributed by atoms with Gasteiger partial charge in [-0.15, -0.1) is 24.8 Å². The number of rotatable bonds is 6. The Morgan fingerprint density at radius 1 is 0.968 bits per heavy atom. The van der Waals surface area contributed by atoms with E-state index in [2.05, 4.69) is 75.9 Å². The summed E-state index contributed by atoms with van der Waals surface area (Å²) in [6.07, 6.45) is 10.1. The Hall–Kier alpha value is -2.01. The molecular weight excluding hydrogens is 427 g/mol. The molecule has 0 bridgehead atoms. The Labute approximate surface area is 196 Å². The molecule has 1 aliphatic carbocycles. The number of halogens is 2. The minimum atomic E-state index is 0. The van der Waals surface area contributed by atoms with Gasteiger partial charge in [0.2, 0.25) is 5.78 Å². The third-order valence-corrected chi connectivity index (χ3v) is 6.39. The molecule has 2 aromatic carbocycles. The van der Waals surface area contributed by atoms with Crippen LogP contribution in [-0.4, -0.2) is 26.5 Å². The average molecular weight is 459 g/mol. The van der Waals surface area contributed by atoms with Crippen LogP contribution in [0.3, 0.4) is 0 Å². The number of nitrogens with one attached hydrogen (secondary N) is 1. The van der Waals surface area contributed by atoms with Crippen LogP contribution in [0.4, 0.5) is 0 Å². The van der Waals surface area contributed by atoms with Gasteiger partial charge in [-0.1, -0.05) is 62.6 Å². The van der Waals surface area contributed by atoms with Crippen molar-refractivity contribution in [1.29, 1.82) is 0 Å². The Morgan fingerprint density at radius 2 is 1.71 bits per heavy atom. The highest BCUT2D eigenvalue weighted by molar-refractivity contribution is 5.85. The molecule has 0 atom stereocenters. The van der Waals surface area contributed by atoms with E-state index in [1.807, 2.05) is 0 Å². The van der Waals surface area contributed by atoms with E-state index in [0.717, 1.165) is 30.8 Å². The second-order valence-corrected chi connectivity index (χ2v) is 8.28. The number of benzene rings is 2. The summed E-state index contributed by atoms with van der Waals surface area (Å²) in [5.74, 6) is 1.03. The molecule has 2 heterocycles. The van der Waals surface area contributed by atoms with Crippen molar-refractivity contribution < 1.29 is 0 Å². The van der Waals surface area contributed by atoms with E-state index in [1.54, 1.807) is 0 Å². The van der Waals surface area contributed by atoms with Crippen LogP contribution in [0.25, 0.3) is 28.1 Å². The lowest BCUT2D eigenvalue weighted by atomic mass is 9.95. The molecule has 5 rings (SSSR count). The van der Waals surface area contributed by atoms with E-state index >= 15 is 0 Å². The smallest absolute Gasteiger partial charge is 0.215 e. The second kappa shape index (κ2) is 10.5. The quantitative estimate of drug-likeness (QED) is 0.368. The first-order chi connectivity index (χ1) is 14.3. The summed E-state index contributed by atoms with van der Waals surface area (Å²) in [5.41, 5.74) is 6.11. The van der Waals surface area contributed by atoms with Gasteiger partial charge in [-0.2, -0.15) is 0 Å². The summed E-state index contributed by atoms with van der Waals surface area (Å²) in [6, 6.07) is 18.1. The highest BCUT2D eigenvalue weighted by atomic mass is 35.5. The van der Waals surface area contributed by atoms with Crippen LogP contribution in [0, 0.1) is 0 Å². The number of aromatic nitrogens is 3. The van der Waals surface area contributed by atoms with Gasteiger partial charge in [-0.05, 0) is 42.5 Å². The molecule has 0 radical (unpaired) electrons. The third kappa shape index (κ3) is 4.77. The normalized spacial score (nSPS) is 14.5. The average Bonchev–Trinajstić information content (AvgIpc) is 3.31. The highest BCUT2D eigenvalue weighted by Crippen LogP contribution is 2.27. The zero-order valence-corrected chi connectivity index (χ0v) is 19.7. The predicted octanol–water partition coefficient (Wildman–Crippen LogP) is 6.28. The van der Waals surface area contributed by atoms with Gasteiger partial charge in [0, 0.05) is 25.3 Å². The number of fused-ring (bicyclic) bond motifs is 3. The Kier molecular flexibility index (Phi) is 8.04. The first-order valence-corrected chi connectivity index (χ1v) is 11.1. The fourth-order valence-corrected chi connectivity index (χ4v) is 4.70. The predicted molar refractivity (Wildman–Crippen MR) is 135 cm³/mol. The summed E-state index contributed by atoms with van der Waals surface area (Å²) in [5, 5.41) is 3.80. The third-order valence-electron chi connectivity index (χ3n) is 6.39. The van der Waals surface area contributed by atoms with Crippen LogP contribution < -0.4 is 5.32 Å². The first kappa shape index (κ1) is 23.6. The van der Waals surface area contributed by atoms with Crippen molar-refractivity contribution in [3.8, 4) is 11.3 Å². The lowest BCUT2D eigenvalue weighted by molar-refractivity contribution is 0.369. The lowest BCUT2D eigenvalue weighted by Crippen LogP contribution is -2.33. The summed E-state index contributed by atoms with van der Waals surface area (Å²) in [4.78, 5) is 4.96. The SMILES string of the molecule is CCc1ccc(-c2cn3c4ccccc4nc3n2CCNC2CCCCC2)cc1.Cl.Cl. The van der Waals surface area contributed by atoms with Gasteiger partial charge in [-0.25, -0.2) is 4.98 Å². The minimum Gasteiger partial charge on any atom is -0.312 e. The van der Waals surface area contributed by atoms with E-state index in [-0.39, 0.29) is 24.8 Å². The molecule has 1 saturated carbocycles. The van der Waals surface area contributed by atoms with Crippen LogP contribution in [0.15, 0.2) is 54.7 Å². The zero-order chi connectivity index (χ0) is 19.6. The van der Waals surface area contributed by atoms with Crippen molar-refractivity contribution in [3.63, 3.8) is 0 Å². The van der Waals surface area contributed by atoms with Gasteiger partial charge in [0.25, 0.3) is 0 Å². The number of hydrogen-bond donors (Lipinski definition) is 1. The number of aryl methyl sites for hydroxylation is 1. The molecule has 6 heteroatoms. The molecule has 31 heavy (non-hydrogen) atoms.